The number of benzene rings is 1. The van der Waals surface area contributed by atoms with Gasteiger partial charge in [0.1, 0.15) is 5.75 Å². The van der Waals surface area contributed by atoms with Crippen molar-refractivity contribution in [2.24, 2.45) is 10.9 Å². The van der Waals surface area contributed by atoms with Gasteiger partial charge >= 0.3 is 0 Å². The van der Waals surface area contributed by atoms with Gasteiger partial charge in [-0.25, -0.2) is 0 Å². The number of ether oxygens (including phenoxy) is 2. The van der Waals surface area contributed by atoms with Crippen LogP contribution in [0.3, 0.4) is 0 Å². The second kappa shape index (κ2) is 11.0. The summed E-state index contributed by atoms with van der Waals surface area (Å²) < 4.78 is 11.3. The van der Waals surface area contributed by atoms with E-state index in [9.17, 15) is 0 Å². The van der Waals surface area contributed by atoms with Gasteiger partial charge in [0.2, 0.25) is 0 Å². The first-order chi connectivity index (χ1) is 12.2. The van der Waals surface area contributed by atoms with E-state index in [0.29, 0.717) is 6.61 Å². The summed E-state index contributed by atoms with van der Waals surface area (Å²) in [6, 6.07) is 8.26. The van der Waals surface area contributed by atoms with E-state index < -0.39 is 0 Å². The first-order valence-electron chi connectivity index (χ1n) is 9.51. The molecule has 0 amide bonds. The van der Waals surface area contributed by atoms with Crippen LogP contribution in [0.5, 0.6) is 5.75 Å². The van der Waals surface area contributed by atoms with E-state index in [-0.39, 0.29) is 0 Å². The van der Waals surface area contributed by atoms with Gasteiger partial charge in [0.25, 0.3) is 0 Å². The summed E-state index contributed by atoms with van der Waals surface area (Å²) in [5.41, 5.74) is 1.25. The van der Waals surface area contributed by atoms with Crippen LogP contribution in [-0.2, 0) is 11.2 Å². The zero-order chi connectivity index (χ0) is 17.9. The third-order valence-corrected chi connectivity index (χ3v) is 4.19. The maximum absolute atomic E-state index is 5.73. The van der Waals surface area contributed by atoms with Crippen LogP contribution in [0.1, 0.15) is 32.3 Å². The summed E-state index contributed by atoms with van der Waals surface area (Å²) in [4.78, 5) is 6.89. The van der Waals surface area contributed by atoms with Crippen molar-refractivity contribution in [1.29, 1.82) is 0 Å². The van der Waals surface area contributed by atoms with Gasteiger partial charge in [0, 0.05) is 33.3 Å². The molecule has 0 spiro atoms. The summed E-state index contributed by atoms with van der Waals surface area (Å²) in [6.07, 6.45) is 3.58. The summed E-state index contributed by atoms with van der Waals surface area (Å²) in [6.45, 7) is 8.95. The Bertz CT molecular complexity index is 529. The largest absolute Gasteiger partial charge is 0.494 e. The number of guanidine groups is 1. The average Bonchev–Trinajstić information content (AvgIpc) is 3.43. The zero-order valence-electron chi connectivity index (χ0n) is 16.0. The van der Waals surface area contributed by atoms with E-state index in [0.717, 1.165) is 56.9 Å². The van der Waals surface area contributed by atoms with Crippen molar-refractivity contribution >= 4 is 5.96 Å². The fraction of sp³-hybridized carbons (Fsp3) is 0.650. The normalized spacial score (nSPS) is 14.4. The second-order valence-electron chi connectivity index (χ2n) is 6.51. The molecular formula is C20H33N3O2. The molecule has 1 aromatic carbocycles. The molecule has 1 aromatic rings. The predicted molar refractivity (Wildman–Crippen MR) is 103 cm³/mol. The van der Waals surface area contributed by atoms with E-state index >= 15 is 0 Å². The molecule has 0 radical (unpaired) electrons. The Morgan fingerprint density at radius 1 is 1.32 bits per heavy atom. The van der Waals surface area contributed by atoms with E-state index in [2.05, 4.69) is 36.3 Å². The van der Waals surface area contributed by atoms with Gasteiger partial charge in [-0.3, -0.25) is 4.99 Å². The number of likely N-dealkylation sites (N-methyl/N-ethyl adjacent to an activating group) is 1. The van der Waals surface area contributed by atoms with Crippen LogP contribution in [0.15, 0.2) is 29.3 Å². The number of nitrogens with zero attached hydrogens (tertiary/aromatic N) is 2. The Morgan fingerprint density at radius 3 is 2.88 bits per heavy atom. The molecule has 0 saturated heterocycles. The first kappa shape index (κ1) is 19.6. The lowest BCUT2D eigenvalue weighted by atomic mass is 10.1. The highest BCUT2D eigenvalue weighted by Crippen LogP contribution is 2.28. The minimum Gasteiger partial charge on any atom is -0.494 e. The van der Waals surface area contributed by atoms with Crippen molar-refractivity contribution in [3.63, 3.8) is 0 Å². The molecule has 2 rings (SSSR count). The average molecular weight is 348 g/mol. The molecule has 0 aliphatic heterocycles. The molecular weight excluding hydrogens is 314 g/mol. The highest BCUT2D eigenvalue weighted by Gasteiger charge is 2.21. The van der Waals surface area contributed by atoms with Gasteiger partial charge in [-0.1, -0.05) is 12.1 Å². The van der Waals surface area contributed by atoms with Gasteiger partial charge in [0.15, 0.2) is 5.96 Å². The summed E-state index contributed by atoms with van der Waals surface area (Å²) in [5, 5.41) is 3.36. The Balaban J connectivity index is 1.77. The Hall–Kier alpha value is -1.75. The standard InChI is InChI=1S/C20H33N3O2/c1-4-21-20(23(3)13-14-24-16-18-9-10-18)22-12-11-17-7-6-8-19(15-17)25-5-2/h6-8,15,18H,4-5,9-14,16H2,1-3H3,(H,21,22). The van der Waals surface area contributed by atoms with Crippen molar-refractivity contribution in [3.05, 3.63) is 29.8 Å². The molecule has 0 aromatic heterocycles. The predicted octanol–water partition coefficient (Wildman–Crippen LogP) is 2.95. The van der Waals surface area contributed by atoms with E-state index in [1.54, 1.807) is 0 Å². The van der Waals surface area contributed by atoms with Crippen LogP contribution in [0.2, 0.25) is 0 Å². The minimum absolute atomic E-state index is 0.694. The Labute approximate surface area is 152 Å². The van der Waals surface area contributed by atoms with Crippen LogP contribution in [0.25, 0.3) is 0 Å². The van der Waals surface area contributed by atoms with Crippen molar-refractivity contribution in [1.82, 2.24) is 10.2 Å². The smallest absolute Gasteiger partial charge is 0.193 e. The molecule has 0 unspecified atom stereocenters. The topological polar surface area (TPSA) is 46.1 Å². The van der Waals surface area contributed by atoms with E-state index in [1.807, 2.05) is 19.1 Å². The molecule has 1 aliphatic carbocycles. The molecule has 1 N–H and O–H groups in total. The highest BCUT2D eigenvalue weighted by molar-refractivity contribution is 5.79. The van der Waals surface area contributed by atoms with Gasteiger partial charge in [0.05, 0.1) is 13.2 Å². The first-order valence-corrected chi connectivity index (χ1v) is 9.51. The van der Waals surface area contributed by atoms with Crippen molar-refractivity contribution in [2.45, 2.75) is 33.1 Å². The van der Waals surface area contributed by atoms with Crippen LogP contribution in [0, 0.1) is 5.92 Å². The second-order valence-corrected chi connectivity index (χ2v) is 6.51. The quantitative estimate of drug-likeness (QED) is 0.380. The molecule has 140 valence electrons. The van der Waals surface area contributed by atoms with E-state index in [1.165, 1.54) is 18.4 Å². The van der Waals surface area contributed by atoms with Gasteiger partial charge in [-0.15, -0.1) is 0 Å². The van der Waals surface area contributed by atoms with Crippen molar-refractivity contribution < 1.29 is 9.47 Å². The Kier molecular flexibility index (Phi) is 8.60. The van der Waals surface area contributed by atoms with Gasteiger partial charge < -0.3 is 19.7 Å². The number of hydrogen-bond donors (Lipinski definition) is 1. The molecule has 1 fully saturated rings. The zero-order valence-corrected chi connectivity index (χ0v) is 16.0. The van der Waals surface area contributed by atoms with Crippen LogP contribution in [0.4, 0.5) is 0 Å². The minimum atomic E-state index is 0.694. The Morgan fingerprint density at radius 2 is 2.16 bits per heavy atom. The number of nitrogens with one attached hydrogen (secondary N) is 1. The molecule has 1 aliphatic rings. The number of hydrogen-bond acceptors (Lipinski definition) is 3. The molecule has 5 nitrogen and oxygen atoms in total. The summed E-state index contributed by atoms with van der Waals surface area (Å²) in [5.74, 6) is 2.69. The van der Waals surface area contributed by atoms with Crippen LogP contribution in [-0.4, -0.2) is 57.4 Å². The summed E-state index contributed by atoms with van der Waals surface area (Å²) >= 11 is 0. The lowest BCUT2D eigenvalue weighted by Gasteiger charge is -2.22. The molecule has 0 atom stereocenters. The van der Waals surface area contributed by atoms with Crippen molar-refractivity contribution in [2.75, 3.05) is 46.5 Å². The molecule has 0 heterocycles. The lowest BCUT2D eigenvalue weighted by Crippen LogP contribution is -2.40. The molecule has 0 bridgehead atoms. The third kappa shape index (κ3) is 7.78. The summed E-state index contributed by atoms with van der Waals surface area (Å²) in [7, 11) is 2.07. The number of rotatable bonds is 11. The highest BCUT2D eigenvalue weighted by atomic mass is 16.5. The SMILES string of the molecule is CCNC(=NCCc1cccc(OCC)c1)N(C)CCOCC1CC1. The monoisotopic (exact) mass is 347 g/mol. The van der Waals surface area contributed by atoms with E-state index in [4.69, 9.17) is 14.5 Å². The maximum Gasteiger partial charge on any atom is 0.193 e. The molecule has 1 saturated carbocycles. The fourth-order valence-corrected chi connectivity index (χ4v) is 2.56. The fourth-order valence-electron chi connectivity index (χ4n) is 2.56. The van der Waals surface area contributed by atoms with Crippen LogP contribution < -0.4 is 10.1 Å². The molecule has 5 heteroatoms. The lowest BCUT2D eigenvalue weighted by molar-refractivity contribution is 0.115. The third-order valence-electron chi connectivity index (χ3n) is 4.19. The maximum atomic E-state index is 5.73. The van der Waals surface area contributed by atoms with Gasteiger partial charge in [-0.2, -0.15) is 0 Å². The number of aliphatic imine (C=N–C) groups is 1. The molecule has 25 heavy (non-hydrogen) atoms. The van der Waals surface area contributed by atoms with Gasteiger partial charge in [-0.05, 0) is 56.7 Å². The van der Waals surface area contributed by atoms with Crippen molar-refractivity contribution in [3.8, 4) is 5.75 Å². The van der Waals surface area contributed by atoms with Crippen LogP contribution >= 0.6 is 0 Å².